The molecule has 0 rings (SSSR count). The van der Waals surface area contributed by atoms with Gasteiger partial charge in [-0.2, -0.15) is 8.42 Å². The molecule has 0 aromatic rings. The van der Waals surface area contributed by atoms with E-state index in [1.807, 2.05) is 27.7 Å². The molecule has 0 unspecified atom stereocenters. The van der Waals surface area contributed by atoms with Gasteiger partial charge in [-0.3, -0.25) is 0 Å². The molecule has 0 radical (unpaired) electrons. The van der Waals surface area contributed by atoms with Crippen molar-refractivity contribution in [2.45, 2.75) is 27.7 Å². The molecule has 0 amide bonds. The number of hydrogen-bond donors (Lipinski definition) is 0. The number of rotatable bonds is 4. The molecule has 2 nitrogen and oxygen atoms in total. The summed E-state index contributed by atoms with van der Waals surface area (Å²) >= 11 is 0. The van der Waals surface area contributed by atoms with Crippen LogP contribution in [0.25, 0.3) is 0 Å². The molecule has 0 bridgehead atoms. The summed E-state index contributed by atoms with van der Waals surface area (Å²) in [6, 6.07) is 0. The van der Waals surface area contributed by atoms with Gasteiger partial charge in [-0.1, -0.05) is 27.7 Å². The van der Waals surface area contributed by atoms with Gasteiger partial charge >= 0.3 is 10.2 Å². The molecule has 74 valence electrons. The van der Waals surface area contributed by atoms with Crippen LogP contribution in [0.1, 0.15) is 27.7 Å². The van der Waals surface area contributed by atoms with Crippen molar-refractivity contribution in [1.82, 2.24) is 0 Å². The first kappa shape index (κ1) is 11.9. The van der Waals surface area contributed by atoms with Crippen LogP contribution in [0.15, 0.2) is 0 Å². The summed E-state index contributed by atoms with van der Waals surface area (Å²) < 4.78 is 33.1. The van der Waals surface area contributed by atoms with Crippen molar-refractivity contribution in [3.05, 3.63) is 0 Å². The maximum atomic E-state index is 12.3. The van der Waals surface area contributed by atoms with Gasteiger partial charge in [0.2, 0.25) is 0 Å². The van der Waals surface area contributed by atoms with Crippen molar-refractivity contribution in [3.8, 4) is 0 Å². The Hall–Kier alpha value is -0.120. The maximum absolute atomic E-state index is 12.3. The van der Waals surface area contributed by atoms with E-state index in [-0.39, 0.29) is 23.5 Å². The molecular formula is C8H17FO2S. The molecule has 4 heteroatoms. The molecule has 0 atom stereocenters. The van der Waals surface area contributed by atoms with Crippen molar-refractivity contribution < 1.29 is 12.3 Å². The molecule has 0 spiro atoms. The molecule has 0 fully saturated rings. The molecule has 0 saturated heterocycles. The van der Waals surface area contributed by atoms with Gasteiger partial charge < -0.3 is 0 Å². The molecule has 0 heterocycles. The Bertz CT molecular complexity index is 211. The summed E-state index contributed by atoms with van der Waals surface area (Å²) in [6.45, 7) is 7.65. The minimum absolute atomic E-state index is 0.0833. The van der Waals surface area contributed by atoms with E-state index in [1.165, 1.54) is 0 Å². The molecule has 0 aliphatic heterocycles. The summed E-state index contributed by atoms with van der Waals surface area (Å²) in [5.41, 5.74) is 0. The second kappa shape index (κ2) is 4.21. The van der Waals surface area contributed by atoms with Gasteiger partial charge in [0.25, 0.3) is 0 Å². The van der Waals surface area contributed by atoms with Gasteiger partial charge in [0.1, 0.15) is 0 Å². The normalized spacial score (nSPS) is 13.3. The van der Waals surface area contributed by atoms with Crippen LogP contribution in [0.2, 0.25) is 0 Å². The molecule has 0 aliphatic rings. The summed E-state index contributed by atoms with van der Waals surface area (Å²) in [6.07, 6.45) is 0. The third-order valence-corrected chi connectivity index (χ3v) is 2.89. The predicted octanol–water partition coefficient (Wildman–Crippen LogP) is 2.21. The van der Waals surface area contributed by atoms with E-state index in [0.29, 0.717) is 0 Å². The lowest BCUT2D eigenvalue weighted by atomic mass is 9.87. The third-order valence-electron chi connectivity index (χ3n) is 2.10. The quantitative estimate of drug-likeness (QED) is 0.646. The summed E-state index contributed by atoms with van der Waals surface area (Å²) in [7, 11) is -4.31. The summed E-state index contributed by atoms with van der Waals surface area (Å²) in [5.74, 6) is -0.0199. The van der Waals surface area contributed by atoms with E-state index < -0.39 is 10.2 Å². The van der Waals surface area contributed by atoms with Crippen LogP contribution >= 0.6 is 0 Å². The minimum atomic E-state index is -4.31. The first-order valence-corrected chi connectivity index (χ1v) is 5.71. The van der Waals surface area contributed by atoms with E-state index in [9.17, 15) is 12.3 Å². The summed E-state index contributed by atoms with van der Waals surface area (Å²) in [5, 5.41) is 0. The Morgan fingerprint density at radius 1 is 1.08 bits per heavy atom. The van der Waals surface area contributed by atoms with Gasteiger partial charge in [-0.25, -0.2) is 0 Å². The predicted molar refractivity (Wildman–Crippen MR) is 48.1 cm³/mol. The van der Waals surface area contributed by atoms with Gasteiger partial charge in [-0.15, -0.1) is 3.89 Å². The van der Waals surface area contributed by atoms with Crippen molar-refractivity contribution >= 4 is 10.2 Å². The van der Waals surface area contributed by atoms with E-state index >= 15 is 0 Å². The molecule has 12 heavy (non-hydrogen) atoms. The Kier molecular flexibility index (Phi) is 4.17. The Labute approximate surface area is 74.4 Å². The highest BCUT2D eigenvalue weighted by atomic mass is 32.3. The number of halogens is 1. The first-order valence-electron chi connectivity index (χ1n) is 4.16. The topological polar surface area (TPSA) is 34.1 Å². The second-order valence-electron chi connectivity index (χ2n) is 3.86. The highest BCUT2D eigenvalue weighted by Crippen LogP contribution is 2.22. The van der Waals surface area contributed by atoms with Crippen LogP contribution in [0.4, 0.5) is 3.89 Å². The molecule has 0 aromatic heterocycles. The van der Waals surface area contributed by atoms with Crippen LogP contribution in [0.3, 0.4) is 0 Å². The van der Waals surface area contributed by atoms with Crippen molar-refractivity contribution in [3.63, 3.8) is 0 Å². The van der Waals surface area contributed by atoms with Crippen LogP contribution in [0, 0.1) is 17.8 Å². The monoisotopic (exact) mass is 196 g/mol. The smallest absolute Gasteiger partial charge is 0.195 e. The van der Waals surface area contributed by atoms with E-state index in [2.05, 4.69) is 0 Å². The van der Waals surface area contributed by atoms with E-state index in [1.54, 1.807) is 0 Å². The average Bonchev–Trinajstić information content (AvgIpc) is 1.79. The highest BCUT2D eigenvalue weighted by molar-refractivity contribution is 7.86. The van der Waals surface area contributed by atoms with E-state index in [0.717, 1.165) is 0 Å². The van der Waals surface area contributed by atoms with E-state index in [4.69, 9.17) is 0 Å². The molecule has 0 saturated carbocycles. The molecule has 0 N–H and O–H groups in total. The fraction of sp³-hybridized carbons (Fsp3) is 1.00. The van der Waals surface area contributed by atoms with Gasteiger partial charge in [0.05, 0.1) is 5.75 Å². The fourth-order valence-corrected chi connectivity index (χ4v) is 2.61. The van der Waals surface area contributed by atoms with Crippen LogP contribution in [-0.2, 0) is 10.2 Å². The highest BCUT2D eigenvalue weighted by Gasteiger charge is 2.23. The average molecular weight is 196 g/mol. The lowest BCUT2D eigenvalue weighted by Crippen LogP contribution is -2.23. The van der Waals surface area contributed by atoms with Crippen molar-refractivity contribution in [1.29, 1.82) is 0 Å². The second-order valence-corrected chi connectivity index (χ2v) is 5.27. The SMILES string of the molecule is CC(C)C(CS(=O)(=O)F)C(C)C. The lowest BCUT2D eigenvalue weighted by molar-refractivity contribution is 0.314. The maximum Gasteiger partial charge on any atom is 0.302 e. The first-order chi connectivity index (χ1) is 5.24. The molecule has 0 aromatic carbocycles. The minimum Gasteiger partial charge on any atom is -0.195 e. The third kappa shape index (κ3) is 4.70. The molecule has 0 aliphatic carbocycles. The zero-order chi connectivity index (χ0) is 9.94. The van der Waals surface area contributed by atoms with Crippen molar-refractivity contribution in [2.24, 2.45) is 17.8 Å². The number of hydrogen-bond acceptors (Lipinski definition) is 2. The van der Waals surface area contributed by atoms with Crippen LogP contribution < -0.4 is 0 Å². The summed E-state index contributed by atoms with van der Waals surface area (Å²) in [4.78, 5) is 0. The zero-order valence-corrected chi connectivity index (χ0v) is 8.86. The van der Waals surface area contributed by atoms with Gasteiger partial charge in [-0.05, 0) is 17.8 Å². The zero-order valence-electron chi connectivity index (χ0n) is 8.04. The largest absolute Gasteiger partial charge is 0.302 e. The Balaban J connectivity index is 4.35. The van der Waals surface area contributed by atoms with Crippen molar-refractivity contribution in [2.75, 3.05) is 5.75 Å². The van der Waals surface area contributed by atoms with Crippen LogP contribution in [-0.4, -0.2) is 14.2 Å². The van der Waals surface area contributed by atoms with Crippen LogP contribution in [0.5, 0.6) is 0 Å². The molecular weight excluding hydrogens is 179 g/mol. The Morgan fingerprint density at radius 3 is 1.50 bits per heavy atom. The van der Waals surface area contributed by atoms with Gasteiger partial charge in [0.15, 0.2) is 0 Å². The van der Waals surface area contributed by atoms with Gasteiger partial charge in [0, 0.05) is 0 Å². The lowest BCUT2D eigenvalue weighted by Gasteiger charge is -2.22. The Morgan fingerprint density at radius 2 is 1.42 bits per heavy atom. The fourth-order valence-electron chi connectivity index (χ4n) is 1.38. The standard InChI is InChI=1S/C8H17FO2S/c1-6(2)8(7(3)4)5-12(9,10)11/h6-8H,5H2,1-4H3.